The summed E-state index contributed by atoms with van der Waals surface area (Å²) in [6, 6.07) is 12.4. The molecule has 6 heteroatoms. The molecule has 1 aliphatic heterocycles. The predicted octanol–water partition coefficient (Wildman–Crippen LogP) is 5.46. The Kier molecular flexibility index (Phi) is 7.00. The number of hydrogen-bond donors (Lipinski definition) is 2. The Balaban J connectivity index is 1.91. The highest BCUT2D eigenvalue weighted by atomic mass is 16.5. The third kappa shape index (κ3) is 5.26. The van der Waals surface area contributed by atoms with E-state index in [4.69, 9.17) is 9.47 Å². The number of nitrogens with one attached hydrogen (secondary N) is 2. The molecule has 0 radical (unpaired) electrons. The maximum atomic E-state index is 12.9. The van der Waals surface area contributed by atoms with Crippen molar-refractivity contribution in [2.45, 2.75) is 59.6 Å². The number of allylic oxidation sites excluding steroid dienone is 1. The fourth-order valence-corrected chi connectivity index (χ4v) is 3.52. The van der Waals surface area contributed by atoms with E-state index in [-0.39, 0.29) is 12.1 Å². The Hall–Kier alpha value is -3.28. The van der Waals surface area contributed by atoms with E-state index in [2.05, 4.69) is 10.6 Å². The van der Waals surface area contributed by atoms with Crippen molar-refractivity contribution in [2.75, 3.05) is 0 Å². The van der Waals surface area contributed by atoms with Gasteiger partial charge in [-0.25, -0.2) is 9.59 Å². The first kappa shape index (κ1) is 22.4. The molecule has 1 aliphatic rings. The monoisotopic (exact) mass is 422 g/mol. The predicted molar refractivity (Wildman–Crippen MR) is 120 cm³/mol. The fourth-order valence-electron chi connectivity index (χ4n) is 3.52. The molecule has 1 heterocycles. The molecule has 2 N–H and O–H groups in total. The van der Waals surface area contributed by atoms with Crippen LogP contribution in [-0.2, 0) is 9.53 Å². The van der Waals surface area contributed by atoms with E-state index in [0.29, 0.717) is 23.4 Å². The van der Waals surface area contributed by atoms with Crippen LogP contribution in [0.25, 0.3) is 0 Å². The van der Waals surface area contributed by atoms with Gasteiger partial charge >= 0.3 is 12.0 Å². The van der Waals surface area contributed by atoms with E-state index in [1.807, 2.05) is 63.2 Å². The molecular formula is C25H30N2O4. The summed E-state index contributed by atoms with van der Waals surface area (Å²) in [6.45, 7) is 9.68. The number of esters is 1. The van der Waals surface area contributed by atoms with Gasteiger partial charge in [-0.15, -0.1) is 0 Å². The number of carbonyl (C=O) groups is 2. The lowest BCUT2D eigenvalue weighted by Gasteiger charge is -2.30. The molecular weight excluding hydrogens is 392 g/mol. The van der Waals surface area contributed by atoms with Gasteiger partial charge in [0.2, 0.25) is 0 Å². The quantitative estimate of drug-likeness (QED) is 0.581. The van der Waals surface area contributed by atoms with Crippen molar-refractivity contribution in [1.29, 1.82) is 0 Å². The van der Waals surface area contributed by atoms with Gasteiger partial charge in [-0.3, -0.25) is 0 Å². The summed E-state index contributed by atoms with van der Waals surface area (Å²) in [5, 5.41) is 5.64. The molecule has 2 aromatic carbocycles. The van der Waals surface area contributed by atoms with Crippen LogP contribution in [-0.4, -0.2) is 18.1 Å². The third-order valence-corrected chi connectivity index (χ3v) is 5.21. The van der Waals surface area contributed by atoms with Crippen molar-refractivity contribution in [3.05, 3.63) is 70.4 Å². The normalized spacial score (nSPS) is 16.1. The highest BCUT2D eigenvalue weighted by Gasteiger charge is 2.33. The highest BCUT2D eigenvalue weighted by Crippen LogP contribution is 2.32. The number of carbonyl (C=O) groups excluding carboxylic acids is 2. The van der Waals surface area contributed by atoms with E-state index < -0.39 is 12.0 Å². The molecule has 3 rings (SSSR count). The second kappa shape index (κ2) is 9.69. The average molecular weight is 423 g/mol. The Labute approximate surface area is 183 Å². The van der Waals surface area contributed by atoms with Crippen molar-refractivity contribution < 1.29 is 19.1 Å². The first-order valence-corrected chi connectivity index (χ1v) is 10.7. The zero-order valence-corrected chi connectivity index (χ0v) is 18.7. The van der Waals surface area contributed by atoms with Crippen molar-refractivity contribution in [3.8, 4) is 11.5 Å². The van der Waals surface area contributed by atoms with Gasteiger partial charge in [-0.05, 0) is 69.0 Å². The van der Waals surface area contributed by atoms with Gasteiger partial charge in [0.05, 0.1) is 17.7 Å². The molecule has 0 spiro atoms. The molecule has 1 unspecified atom stereocenters. The minimum atomic E-state index is -0.587. The molecule has 0 aliphatic carbocycles. The summed E-state index contributed by atoms with van der Waals surface area (Å²) in [6.07, 6.45) is 1.12. The Morgan fingerprint density at radius 3 is 2.45 bits per heavy atom. The third-order valence-electron chi connectivity index (χ3n) is 5.21. The molecule has 2 aromatic rings. The van der Waals surface area contributed by atoms with Gasteiger partial charge in [0, 0.05) is 5.70 Å². The van der Waals surface area contributed by atoms with Gasteiger partial charge in [-0.1, -0.05) is 37.6 Å². The van der Waals surface area contributed by atoms with Crippen molar-refractivity contribution in [2.24, 2.45) is 0 Å². The van der Waals surface area contributed by atoms with Crippen LogP contribution >= 0.6 is 0 Å². The van der Waals surface area contributed by atoms with E-state index in [1.165, 1.54) is 0 Å². The zero-order chi connectivity index (χ0) is 22.5. The number of aryl methyl sites for hydroxylation is 1. The number of ether oxygens (including phenoxy) is 2. The van der Waals surface area contributed by atoms with Crippen LogP contribution in [0.15, 0.2) is 53.7 Å². The first-order valence-electron chi connectivity index (χ1n) is 10.7. The van der Waals surface area contributed by atoms with Gasteiger partial charge in [0.25, 0.3) is 0 Å². The summed E-state index contributed by atoms with van der Waals surface area (Å²) in [5.41, 5.74) is 4.08. The molecule has 164 valence electrons. The highest BCUT2D eigenvalue weighted by molar-refractivity contribution is 5.95. The maximum absolute atomic E-state index is 12.9. The molecule has 0 bridgehead atoms. The number of benzene rings is 2. The topological polar surface area (TPSA) is 76.7 Å². The molecule has 0 aromatic heterocycles. The lowest BCUT2D eigenvalue weighted by atomic mass is 9.93. The van der Waals surface area contributed by atoms with Gasteiger partial charge in [-0.2, -0.15) is 0 Å². The van der Waals surface area contributed by atoms with Gasteiger partial charge in [0.1, 0.15) is 11.5 Å². The Morgan fingerprint density at radius 2 is 1.81 bits per heavy atom. The Bertz CT molecular complexity index is 993. The Morgan fingerprint density at radius 1 is 1.10 bits per heavy atom. The van der Waals surface area contributed by atoms with E-state index in [0.717, 1.165) is 28.9 Å². The van der Waals surface area contributed by atoms with Crippen molar-refractivity contribution in [3.63, 3.8) is 0 Å². The van der Waals surface area contributed by atoms with E-state index in [1.54, 1.807) is 13.8 Å². The molecule has 2 amide bonds. The molecule has 6 nitrogen and oxygen atoms in total. The van der Waals surface area contributed by atoms with Gasteiger partial charge < -0.3 is 20.1 Å². The zero-order valence-electron chi connectivity index (χ0n) is 18.7. The second-order valence-corrected chi connectivity index (χ2v) is 8.00. The smallest absolute Gasteiger partial charge is 0.338 e. The largest absolute Gasteiger partial charge is 0.459 e. The van der Waals surface area contributed by atoms with Crippen LogP contribution in [0.3, 0.4) is 0 Å². The summed E-state index contributed by atoms with van der Waals surface area (Å²) >= 11 is 0. The summed E-state index contributed by atoms with van der Waals surface area (Å²) in [4.78, 5) is 25.1. The lowest BCUT2D eigenvalue weighted by molar-refractivity contribution is -0.143. The number of urea groups is 1. The molecule has 31 heavy (non-hydrogen) atoms. The van der Waals surface area contributed by atoms with Crippen LogP contribution in [0, 0.1) is 13.8 Å². The molecule has 0 saturated carbocycles. The minimum Gasteiger partial charge on any atom is -0.459 e. The summed E-state index contributed by atoms with van der Waals surface area (Å²) < 4.78 is 11.5. The van der Waals surface area contributed by atoms with Crippen LogP contribution in [0.2, 0.25) is 0 Å². The van der Waals surface area contributed by atoms with Crippen LogP contribution in [0.4, 0.5) is 4.79 Å². The fraction of sp³-hybridized carbons (Fsp3) is 0.360. The first-order chi connectivity index (χ1) is 14.8. The molecule has 1 atom stereocenters. The van der Waals surface area contributed by atoms with Crippen LogP contribution in [0.1, 0.15) is 56.3 Å². The van der Waals surface area contributed by atoms with Gasteiger partial charge in [0.15, 0.2) is 0 Å². The van der Waals surface area contributed by atoms with E-state index >= 15 is 0 Å². The lowest BCUT2D eigenvalue weighted by Crippen LogP contribution is -2.46. The van der Waals surface area contributed by atoms with Crippen LogP contribution in [0.5, 0.6) is 11.5 Å². The number of hydrogen-bond acceptors (Lipinski definition) is 4. The molecule has 0 saturated heterocycles. The SMILES string of the molecule is CCCC1=C(C(=O)OC(C)C)C(c2ccc(Oc3cccc(C)c3C)cc2)NC(=O)N1. The number of amides is 2. The average Bonchev–Trinajstić information content (AvgIpc) is 2.71. The minimum absolute atomic E-state index is 0.255. The van der Waals surface area contributed by atoms with Crippen molar-refractivity contribution in [1.82, 2.24) is 10.6 Å². The van der Waals surface area contributed by atoms with Crippen LogP contribution < -0.4 is 15.4 Å². The second-order valence-electron chi connectivity index (χ2n) is 8.00. The number of rotatable bonds is 7. The van der Waals surface area contributed by atoms with Crippen molar-refractivity contribution >= 4 is 12.0 Å². The summed E-state index contributed by atoms with van der Waals surface area (Å²) in [5.74, 6) is 1.06. The molecule has 0 fully saturated rings. The van der Waals surface area contributed by atoms with E-state index in [9.17, 15) is 9.59 Å². The maximum Gasteiger partial charge on any atom is 0.338 e. The summed E-state index contributed by atoms with van der Waals surface area (Å²) in [7, 11) is 0. The standard InChI is InChI=1S/C25H30N2O4/c1-6-8-20-22(24(28)30-15(2)3)23(27-25(29)26-20)18-11-13-19(14-12-18)31-21-10-7-9-16(4)17(21)5/h7,9-15,23H,6,8H2,1-5H3,(H2,26,27,29).